The average molecular weight is 697 g/mol. The summed E-state index contributed by atoms with van der Waals surface area (Å²) < 4.78 is 79.6. The maximum absolute atomic E-state index is 13.5. The van der Waals surface area contributed by atoms with Gasteiger partial charge in [-0.15, -0.1) is 5.01 Å². The number of nitrogens with one attached hydrogen (secondary N) is 1. The number of aryl methyl sites for hydroxylation is 1. The monoisotopic (exact) mass is 696 g/mol. The Kier molecular flexibility index (Phi) is 10.6. The summed E-state index contributed by atoms with van der Waals surface area (Å²) in [5.41, 5.74) is -0.203. The summed E-state index contributed by atoms with van der Waals surface area (Å²) in [6.07, 6.45) is -6.72. The Labute approximate surface area is 274 Å². The zero-order valence-electron chi connectivity index (χ0n) is 26.7. The van der Waals surface area contributed by atoms with Crippen molar-refractivity contribution in [2.75, 3.05) is 13.1 Å². The Balaban J connectivity index is 1.36. The third kappa shape index (κ3) is 9.36. The van der Waals surface area contributed by atoms with Crippen LogP contribution in [-0.4, -0.2) is 65.2 Å². The quantitative estimate of drug-likeness (QED) is 0.0993. The fourth-order valence-corrected chi connectivity index (χ4v) is 5.62. The Hall–Kier alpha value is -4.87. The van der Waals surface area contributed by atoms with E-state index in [0.717, 1.165) is 28.4 Å². The van der Waals surface area contributed by atoms with Crippen molar-refractivity contribution in [3.63, 3.8) is 0 Å². The van der Waals surface area contributed by atoms with E-state index in [1.807, 2.05) is 11.6 Å². The first kappa shape index (κ1) is 36.0. The van der Waals surface area contributed by atoms with Crippen LogP contribution >= 0.6 is 0 Å². The van der Waals surface area contributed by atoms with E-state index in [1.54, 1.807) is 45.0 Å². The fourth-order valence-electron chi connectivity index (χ4n) is 4.58. The molecule has 1 unspecified atom stereocenters. The molecular formula is C30H35F3N6O8S. The second kappa shape index (κ2) is 14.1. The van der Waals surface area contributed by atoms with Gasteiger partial charge in [-0.25, -0.2) is 22.6 Å². The summed E-state index contributed by atoms with van der Waals surface area (Å²) >= 11 is 0. The number of piperidine rings is 1. The van der Waals surface area contributed by atoms with Crippen molar-refractivity contribution in [2.24, 2.45) is 11.2 Å². The molecule has 1 aromatic heterocycles. The van der Waals surface area contributed by atoms with Gasteiger partial charge in [0.15, 0.2) is 5.69 Å². The van der Waals surface area contributed by atoms with Crippen LogP contribution in [0.25, 0.3) is 16.9 Å². The zero-order chi connectivity index (χ0) is 35.4. The molecule has 48 heavy (non-hydrogen) atoms. The second-order valence-electron chi connectivity index (χ2n) is 12.0. The van der Waals surface area contributed by atoms with Crippen molar-refractivity contribution in [3.05, 3.63) is 71.1 Å². The lowest BCUT2D eigenvalue weighted by atomic mass is 9.97. The number of ether oxygens (including phenoxy) is 2. The summed E-state index contributed by atoms with van der Waals surface area (Å²) in [6, 6.07) is 12.6. The predicted octanol–water partition coefficient (Wildman–Crippen LogP) is 5.49. The van der Waals surface area contributed by atoms with Gasteiger partial charge in [0.2, 0.25) is 11.2 Å². The first-order valence-electron chi connectivity index (χ1n) is 14.7. The number of halogens is 3. The maximum atomic E-state index is 13.5. The first-order chi connectivity index (χ1) is 22.3. The number of carbonyl (C=O) groups excluding carboxylic acids is 2. The lowest BCUT2D eigenvalue weighted by Gasteiger charge is -2.27. The summed E-state index contributed by atoms with van der Waals surface area (Å²) in [7, 11) is -4.35. The van der Waals surface area contributed by atoms with E-state index in [4.69, 9.17) is 14.3 Å². The molecule has 18 heteroatoms. The molecule has 3 aromatic rings. The summed E-state index contributed by atoms with van der Waals surface area (Å²) in [4.78, 5) is 29.3. The third-order valence-electron chi connectivity index (χ3n) is 6.97. The number of rotatable bonds is 9. The van der Waals surface area contributed by atoms with Crippen LogP contribution in [0.5, 0.6) is 0 Å². The normalized spacial score (nSPS) is 15.5. The number of hydrogen-bond acceptors (Lipinski definition) is 10. The van der Waals surface area contributed by atoms with E-state index in [2.05, 4.69) is 10.4 Å². The minimum Gasteiger partial charge on any atom is -0.569 e. The number of aromatic nitrogens is 2. The number of hydrogen-bond donors (Lipinski definition) is 1. The minimum atomic E-state index is -4.71. The summed E-state index contributed by atoms with van der Waals surface area (Å²) in [5, 5.41) is 20.6. The van der Waals surface area contributed by atoms with E-state index in [-0.39, 0.29) is 47.2 Å². The number of alkyl halides is 3. The van der Waals surface area contributed by atoms with E-state index < -0.39 is 51.8 Å². The van der Waals surface area contributed by atoms with Gasteiger partial charge in [-0.05, 0) is 70.9 Å². The standard InChI is InChI=1S/C30H35F3N6O8S/c1-19-6-8-21(9-7-19)25-18-26(30(31,32)33)34-38(25)23-10-12-24(13-11-23)48(43,44)35-27(40)22-14-16-37(17-15-22)39(42)36-47-20(2)45-28(41)46-29(3,4)5/h6-13,18,20,22H,14-17H2,1-5H3,(H,35,40)/b39-36+. The van der Waals surface area contributed by atoms with Crippen LogP contribution < -0.4 is 4.72 Å². The van der Waals surface area contributed by atoms with Crippen molar-refractivity contribution in [1.82, 2.24) is 19.5 Å². The Morgan fingerprint density at radius 1 is 1.06 bits per heavy atom. The first-order valence-corrected chi connectivity index (χ1v) is 16.2. The predicted molar refractivity (Wildman–Crippen MR) is 162 cm³/mol. The lowest BCUT2D eigenvalue weighted by molar-refractivity contribution is -0.715. The van der Waals surface area contributed by atoms with Gasteiger partial charge in [-0.3, -0.25) is 9.63 Å². The molecule has 1 aliphatic rings. The van der Waals surface area contributed by atoms with Gasteiger partial charge in [0.1, 0.15) is 5.60 Å². The summed E-state index contributed by atoms with van der Waals surface area (Å²) in [5.74, 6) is -1.53. The van der Waals surface area contributed by atoms with Gasteiger partial charge in [0, 0.05) is 18.4 Å². The van der Waals surface area contributed by atoms with Gasteiger partial charge < -0.3 is 14.7 Å². The molecule has 1 saturated heterocycles. The number of sulfonamides is 1. The van der Waals surface area contributed by atoms with Crippen molar-refractivity contribution >= 4 is 22.1 Å². The SMILES string of the molecule is Cc1ccc(-c2cc(C(F)(F)F)nn2-c2ccc(S(=O)(=O)NC(=O)C3CCN(/[N+]([O-])=N\OC(C)OC(=O)OC(C)(C)C)CC3)cc2)cc1. The molecule has 14 nitrogen and oxygen atoms in total. The highest BCUT2D eigenvalue weighted by Crippen LogP contribution is 2.33. The smallest absolute Gasteiger partial charge is 0.511 e. The Morgan fingerprint density at radius 2 is 1.67 bits per heavy atom. The van der Waals surface area contributed by atoms with Gasteiger partial charge in [0.05, 0.1) is 34.3 Å². The van der Waals surface area contributed by atoms with Crippen LogP contribution in [-0.2, 0) is 35.3 Å². The zero-order valence-corrected chi connectivity index (χ0v) is 27.5. The number of benzene rings is 2. The van der Waals surface area contributed by atoms with Gasteiger partial charge in [-0.1, -0.05) is 29.8 Å². The summed E-state index contributed by atoms with van der Waals surface area (Å²) in [6.45, 7) is 8.18. The van der Waals surface area contributed by atoms with Crippen LogP contribution in [0.1, 0.15) is 51.8 Å². The molecule has 2 heterocycles. The fraction of sp³-hybridized carbons (Fsp3) is 0.433. The maximum Gasteiger partial charge on any atom is 0.511 e. The topological polar surface area (TPSA) is 167 Å². The molecule has 0 saturated carbocycles. The molecule has 1 amide bonds. The van der Waals surface area contributed by atoms with Crippen LogP contribution in [0.15, 0.2) is 64.8 Å². The molecule has 1 aliphatic heterocycles. The van der Waals surface area contributed by atoms with Crippen molar-refractivity contribution in [3.8, 4) is 16.9 Å². The Bertz CT molecular complexity index is 1750. The van der Waals surface area contributed by atoms with E-state index >= 15 is 0 Å². The third-order valence-corrected chi connectivity index (χ3v) is 8.34. The Morgan fingerprint density at radius 3 is 2.23 bits per heavy atom. The molecule has 4 rings (SSSR count). The molecule has 0 spiro atoms. The largest absolute Gasteiger partial charge is 0.569 e. The highest BCUT2D eigenvalue weighted by atomic mass is 32.2. The molecule has 260 valence electrons. The van der Waals surface area contributed by atoms with Gasteiger partial charge in [-0.2, -0.15) is 18.3 Å². The van der Waals surface area contributed by atoms with Crippen LogP contribution in [0.3, 0.4) is 0 Å². The van der Waals surface area contributed by atoms with Crippen LogP contribution in [0, 0.1) is 18.0 Å². The molecule has 0 aliphatic carbocycles. The van der Waals surface area contributed by atoms with E-state index in [1.165, 1.54) is 24.1 Å². The highest BCUT2D eigenvalue weighted by Gasteiger charge is 2.36. The lowest BCUT2D eigenvalue weighted by Crippen LogP contribution is -2.44. The molecule has 2 aromatic carbocycles. The molecule has 1 N–H and O–H groups in total. The van der Waals surface area contributed by atoms with Crippen molar-refractivity contribution in [2.45, 2.75) is 70.4 Å². The highest BCUT2D eigenvalue weighted by molar-refractivity contribution is 7.90. The number of amides is 1. The van der Waals surface area contributed by atoms with Gasteiger partial charge in [0.25, 0.3) is 16.3 Å². The molecule has 0 radical (unpaired) electrons. The number of nitrogens with zero attached hydrogens (tertiary/aromatic N) is 5. The number of carbonyl (C=O) groups is 2. The second-order valence-corrected chi connectivity index (χ2v) is 13.7. The molecular weight excluding hydrogens is 661 g/mol. The van der Waals surface area contributed by atoms with Gasteiger partial charge >= 0.3 is 12.3 Å². The van der Waals surface area contributed by atoms with Crippen molar-refractivity contribution in [1.29, 1.82) is 0 Å². The minimum absolute atomic E-state index is 0.0393. The number of hydrazine groups is 1. The van der Waals surface area contributed by atoms with Crippen LogP contribution in [0.4, 0.5) is 18.0 Å². The van der Waals surface area contributed by atoms with Crippen LogP contribution in [0.2, 0.25) is 0 Å². The van der Waals surface area contributed by atoms with Crippen molar-refractivity contribution < 1.29 is 50.5 Å². The molecule has 0 bridgehead atoms. The molecule has 1 atom stereocenters. The van der Waals surface area contributed by atoms with E-state index in [0.29, 0.717) is 5.56 Å². The average Bonchev–Trinajstić information content (AvgIpc) is 3.46. The van der Waals surface area contributed by atoms with E-state index in [9.17, 15) is 36.4 Å². The molecule has 1 fully saturated rings.